The SMILES string of the molecule is Cl.O=C1O[C@H]([C@@H](O)CO)C(OC(=O)[C@H](O)[C@@H](O)[C@H](O)[C@H](O)CO)=C1O.[Ca+2].[H-].[H-].[Zn]. The Bertz CT molecular complexity index is 531. The van der Waals surface area contributed by atoms with Crippen molar-refractivity contribution in [3.8, 4) is 0 Å². The molecule has 0 aromatic heterocycles. The number of aliphatic hydroxyl groups is 8. The van der Waals surface area contributed by atoms with Crippen molar-refractivity contribution < 1.29 is 82.2 Å². The molecular weight excluding hydrogens is 477 g/mol. The van der Waals surface area contributed by atoms with Gasteiger partial charge in [-0.3, -0.25) is 0 Å². The number of esters is 2. The molecule has 27 heavy (non-hydrogen) atoms. The van der Waals surface area contributed by atoms with E-state index in [1.54, 1.807) is 0 Å². The maximum Gasteiger partial charge on any atom is 2.00 e. The quantitative estimate of drug-likeness (QED) is 0.117. The zero-order valence-corrected chi connectivity index (χ0v) is 19.9. The molecule has 0 saturated carbocycles. The molecule has 1 aliphatic rings. The van der Waals surface area contributed by atoms with Gasteiger partial charge in [0.25, 0.3) is 0 Å². The molecule has 0 bridgehead atoms. The average molecular weight is 498 g/mol. The molecule has 0 fully saturated rings. The number of ether oxygens (including phenoxy) is 2. The number of rotatable bonds is 8. The summed E-state index contributed by atoms with van der Waals surface area (Å²) in [6.07, 6.45) is -12.2. The van der Waals surface area contributed by atoms with Crippen LogP contribution in [0.4, 0.5) is 0 Å². The molecular formula is C12H21CaClO12Zn. The minimum atomic E-state index is -2.44. The van der Waals surface area contributed by atoms with Crippen molar-refractivity contribution in [2.75, 3.05) is 13.2 Å². The number of carbonyl (C=O) groups excluding carboxylic acids is 2. The minimum Gasteiger partial charge on any atom is -1.00 e. The molecule has 0 unspecified atom stereocenters. The third-order valence-corrected chi connectivity index (χ3v) is 3.16. The van der Waals surface area contributed by atoms with E-state index >= 15 is 0 Å². The molecule has 15 heteroatoms. The molecule has 1 rings (SSSR count). The summed E-state index contributed by atoms with van der Waals surface area (Å²) >= 11 is 0. The molecule has 6 atom stereocenters. The first-order valence-electron chi connectivity index (χ1n) is 6.63. The van der Waals surface area contributed by atoms with Crippen LogP contribution in [-0.4, -0.2) is 140 Å². The Morgan fingerprint density at radius 1 is 1.11 bits per heavy atom. The Labute approximate surface area is 204 Å². The van der Waals surface area contributed by atoms with Crippen LogP contribution in [0.1, 0.15) is 2.85 Å². The van der Waals surface area contributed by atoms with E-state index in [2.05, 4.69) is 9.47 Å². The van der Waals surface area contributed by atoms with Gasteiger partial charge in [0.1, 0.15) is 24.4 Å². The van der Waals surface area contributed by atoms with Crippen LogP contribution in [0.25, 0.3) is 0 Å². The van der Waals surface area contributed by atoms with Crippen molar-refractivity contribution in [1.29, 1.82) is 0 Å². The Morgan fingerprint density at radius 3 is 2.07 bits per heavy atom. The van der Waals surface area contributed by atoms with Gasteiger partial charge in [-0.25, -0.2) is 9.59 Å². The fraction of sp³-hybridized carbons (Fsp3) is 0.667. The van der Waals surface area contributed by atoms with Crippen LogP contribution in [0, 0.1) is 0 Å². The van der Waals surface area contributed by atoms with Crippen molar-refractivity contribution in [3.63, 3.8) is 0 Å². The van der Waals surface area contributed by atoms with E-state index in [9.17, 15) is 35.1 Å². The third-order valence-electron chi connectivity index (χ3n) is 3.16. The molecule has 0 saturated heterocycles. The van der Waals surface area contributed by atoms with Gasteiger partial charge in [-0.1, -0.05) is 0 Å². The Morgan fingerprint density at radius 2 is 1.63 bits per heavy atom. The minimum absolute atomic E-state index is 0. The zero-order valence-electron chi connectivity index (χ0n) is 15.9. The molecule has 1 aliphatic heterocycles. The molecule has 0 spiro atoms. The van der Waals surface area contributed by atoms with Gasteiger partial charge in [-0.15, -0.1) is 12.4 Å². The summed E-state index contributed by atoms with van der Waals surface area (Å²) in [7, 11) is 0. The molecule has 0 amide bonds. The Balaban J connectivity index is -0.000000384. The standard InChI is InChI=1S/C12H18O12.Ca.ClH.Zn.2H/c13-1-3(15)5(17)6(18)7(19)11(21)24-10-8(20)12(22)23-9(10)4(16)2-14;;;;;/h3-7,9,13-20H,1-2H2;;1H;;;/q;+2;;;2*-1/t3-,4+,5-,6+,7-,9-;;;;;/m1...../s1. The molecule has 0 aromatic rings. The topological polar surface area (TPSA) is 214 Å². The number of carbonyl (C=O) groups is 2. The van der Waals surface area contributed by atoms with Gasteiger partial charge >= 0.3 is 49.7 Å². The summed E-state index contributed by atoms with van der Waals surface area (Å²) in [4.78, 5) is 22.9. The van der Waals surface area contributed by atoms with Crippen LogP contribution in [0.2, 0.25) is 0 Å². The van der Waals surface area contributed by atoms with E-state index in [0.29, 0.717) is 0 Å². The predicted molar refractivity (Wildman–Crippen MR) is 85.1 cm³/mol. The van der Waals surface area contributed by atoms with E-state index < -0.39 is 73.3 Å². The van der Waals surface area contributed by atoms with E-state index in [1.807, 2.05) is 0 Å². The number of cyclic esters (lactones) is 1. The van der Waals surface area contributed by atoms with Crippen molar-refractivity contribution in [3.05, 3.63) is 11.5 Å². The molecule has 0 aliphatic carbocycles. The van der Waals surface area contributed by atoms with Crippen molar-refractivity contribution >= 4 is 62.1 Å². The van der Waals surface area contributed by atoms with Crippen LogP contribution >= 0.6 is 12.4 Å². The summed E-state index contributed by atoms with van der Waals surface area (Å²) in [5.74, 6) is -5.13. The molecule has 8 N–H and O–H groups in total. The fourth-order valence-corrected chi connectivity index (χ4v) is 1.75. The third kappa shape index (κ3) is 7.96. The Hall–Kier alpha value is 0.373. The van der Waals surface area contributed by atoms with Gasteiger partial charge < -0.3 is 53.2 Å². The number of halogens is 1. The van der Waals surface area contributed by atoms with Crippen LogP contribution in [0.3, 0.4) is 0 Å². The van der Waals surface area contributed by atoms with Gasteiger partial charge in [0, 0.05) is 19.5 Å². The van der Waals surface area contributed by atoms with Gasteiger partial charge in [0.15, 0.2) is 12.2 Å². The normalized spacial score (nSPS) is 21.4. The first kappa shape index (κ1) is 32.0. The summed E-state index contributed by atoms with van der Waals surface area (Å²) in [6.45, 7) is -1.89. The van der Waals surface area contributed by atoms with Gasteiger partial charge in [-0.2, -0.15) is 0 Å². The van der Waals surface area contributed by atoms with Crippen LogP contribution in [0.15, 0.2) is 11.5 Å². The fourth-order valence-electron chi connectivity index (χ4n) is 1.75. The van der Waals surface area contributed by atoms with E-state index in [0.717, 1.165) is 0 Å². The average Bonchev–Trinajstić information content (AvgIpc) is 2.86. The van der Waals surface area contributed by atoms with Crippen LogP contribution in [0.5, 0.6) is 0 Å². The summed E-state index contributed by atoms with van der Waals surface area (Å²) < 4.78 is 8.95. The monoisotopic (exact) mass is 496 g/mol. The first-order valence-corrected chi connectivity index (χ1v) is 6.63. The van der Waals surface area contributed by atoms with Gasteiger partial charge in [-0.05, 0) is 0 Å². The number of hydrogen-bond acceptors (Lipinski definition) is 12. The maximum absolute atomic E-state index is 11.7. The largest absolute Gasteiger partial charge is 2.00 e. The van der Waals surface area contributed by atoms with Gasteiger partial charge in [0.2, 0.25) is 11.5 Å². The molecule has 152 valence electrons. The van der Waals surface area contributed by atoms with E-state index in [4.69, 9.17) is 15.3 Å². The van der Waals surface area contributed by atoms with Crippen molar-refractivity contribution in [2.24, 2.45) is 0 Å². The molecule has 1 heterocycles. The van der Waals surface area contributed by atoms with Crippen LogP contribution in [-0.2, 0) is 38.5 Å². The van der Waals surface area contributed by atoms with Gasteiger partial charge in [0.05, 0.1) is 13.2 Å². The predicted octanol–water partition coefficient (Wildman–Crippen LogP) is -4.72. The summed E-state index contributed by atoms with van der Waals surface area (Å²) in [5.41, 5.74) is 0. The van der Waals surface area contributed by atoms with Crippen LogP contribution < -0.4 is 0 Å². The second-order valence-corrected chi connectivity index (χ2v) is 4.89. The second-order valence-electron chi connectivity index (χ2n) is 4.89. The Kier molecular flexibility index (Phi) is 17.1. The second kappa shape index (κ2) is 14.4. The summed E-state index contributed by atoms with van der Waals surface area (Å²) in [6, 6.07) is 0. The van der Waals surface area contributed by atoms with Crippen molar-refractivity contribution in [2.45, 2.75) is 36.6 Å². The first-order chi connectivity index (χ1) is 11.1. The molecule has 0 radical (unpaired) electrons. The number of hydrogen-bond donors (Lipinski definition) is 8. The molecule has 0 aromatic carbocycles. The maximum atomic E-state index is 11.7. The van der Waals surface area contributed by atoms with E-state index in [-0.39, 0.29) is 72.5 Å². The smallest absolute Gasteiger partial charge is 1.00 e. The molecule has 12 nitrogen and oxygen atoms in total. The zero-order chi connectivity index (χ0) is 18.6. The van der Waals surface area contributed by atoms with E-state index in [1.165, 1.54) is 0 Å². The van der Waals surface area contributed by atoms with Crippen molar-refractivity contribution in [1.82, 2.24) is 0 Å². The number of aliphatic hydroxyl groups excluding tert-OH is 8. The summed E-state index contributed by atoms with van der Waals surface area (Å²) in [5, 5.41) is 74.0.